The summed E-state index contributed by atoms with van der Waals surface area (Å²) in [5.41, 5.74) is 4.31. The molecule has 0 aliphatic carbocycles. The third-order valence-electron chi connectivity index (χ3n) is 4.82. The van der Waals surface area contributed by atoms with Gasteiger partial charge in [-0.05, 0) is 44.8 Å². The average Bonchev–Trinajstić information content (AvgIpc) is 3.08. The van der Waals surface area contributed by atoms with Crippen LogP contribution in [-0.4, -0.2) is 33.3 Å². The third kappa shape index (κ3) is 2.42. The summed E-state index contributed by atoms with van der Waals surface area (Å²) >= 11 is 0. The van der Waals surface area contributed by atoms with Gasteiger partial charge in [0.2, 0.25) is 0 Å². The quantitative estimate of drug-likeness (QED) is 0.605. The number of aryl methyl sites for hydroxylation is 1. The van der Waals surface area contributed by atoms with E-state index in [0.29, 0.717) is 0 Å². The molecule has 19 heavy (non-hydrogen) atoms. The zero-order valence-electron chi connectivity index (χ0n) is 12.4. The van der Waals surface area contributed by atoms with Gasteiger partial charge in [-0.3, -0.25) is 15.4 Å². The van der Waals surface area contributed by atoms with Crippen molar-refractivity contribution >= 4 is 0 Å². The molecule has 1 aromatic heterocycles. The van der Waals surface area contributed by atoms with Crippen LogP contribution >= 0.6 is 0 Å². The number of hydrogen-bond acceptors (Lipinski definition) is 4. The van der Waals surface area contributed by atoms with Gasteiger partial charge < -0.3 is 0 Å². The first-order valence-corrected chi connectivity index (χ1v) is 7.38. The van der Waals surface area contributed by atoms with Gasteiger partial charge in [-0.2, -0.15) is 5.10 Å². The summed E-state index contributed by atoms with van der Waals surface area (Å²) in [6.45, 7) is 6.89. The SMILES string of the molecule is CCC(CC)(C(NN)c1ccnn1C)N1CCCC1. The highest BCUT2D eigenvalue weighted by Gasteiger charge is 2.43. The predicted octanol–water partition coefficient (Wildman–Crippen LogP) is 1.58. The molecule has 5 heteroatoms. The van der Waals surface area contributed by atoms with Crippen molar-refractivity contribution in [3.63, 3.8) is 0 Å². The van der Waals surface area contributed by atoms with E-state index in [1.54, 1.807) is 0 Å². The molecule has 5 nitrogen and oxygen atoms in total. The van der Waals surface area contributed by atoms with E-state index in [9.17, 15) is 0 Å². The van der Waals surface area contributed by atoms with Crippen LogP contribution in [0.1, 0.15) is 51.3 Å². The molecule has 0 bridgehead atoms. The summed E-state index contributed by atoms with van der Waals surface area (Å²) in [7, 11) is 1.99. The fourth-order valence-corrected chi connectivity index (χ4v) is 3.63. The molecule has 1 fully saturated rings. The number of hydrogen-bond donors (Lipinski definition) is 2. The Bertz CT molecular complexity index is 390. The normalized spacial score (nSPS) is 18.9. The number of nitrogens with one attached hydrogen (secondary N) is 1. The molecule has 0 amide bonds. The number of rotatable bonds is 6. The molecule has 0 aromatic carbocycles. The van der Waals surface area contributed by atoms with Crippen LogP contribution in [0.15, 0.2) is 12.3 Å². The van der Waals surface area contributed by atoms with Crippen LogP contribution in [0.5, 0.6) is 0 Å². The van der Waals surface area contributed by atoms with E-state index >= 15 is 0 Å². The van der Waals surface area contributed by atoms with Gasteiger partial charge in [-0.25, -0.2) is 5.43 Å². The lowest BCUT2D eigenvalue weighted by molar-refractivity contribution is 0.0586. The minimum atomic E-state index is 0.0824. The molecular formula is C14H27N5. The number of nitrogens with zero attached hydrogens (tertiary/aromatic N) is 3. The second-order valence-corrected chi connectivity index (χ2v) is 5.48. The first-order chi connectivity index (χ1) is 9.19. The van der Waals surface area contributed by atoms with Crippen LogP contribution in [0.25, 0.3) is 0 Å². The van der Waals surface area contributed by atoms with Gasteiger partial charge in [-0.15, -0.1) is 0 Å². The maximum Gasteiger partial charge on any atom is 0.0812 e. The summed E-state index contributed by atoms with van der Waals surface area (Å²) in [6.07, 6.45) is 6.61. The number of hydrazine groups is 1. The van der Waals surface area contributed by atoms with Crippen LogP contribution in [-0.2, 0) is 7.05 Å². The van der Waals surface area contributed by atoms with Crippen molar-refractivity contribution in [1.82, 2.24) is 20.1 Å². The molecular weight excluding hydrogens is 238 g/mol. The van der Waals surface area contributed by atoms with Gasteiger partial charge in [0.25, 0.3) is 0 Å². The Kier molecular flexibility index (Phi) is 4.60. The Hall–Kier alpha value is -0.910. The number of aromatic nitrogens is 2. The molecule has 108 valence electrons. The van der Waals surface area contributed by atoms with Crippen molar-refractivity contribution in [2.24, 2.45) is 12.9 Å². The van der Waals surface area contributed by atoms with E-state index in [1.165, 1.54) is 25.9 Å². The third-order valence-corrected chi connectivity index (χ3v) is 4.82. The lowest BCUT2D eigenvalue weighted by Crippen LogP contribution is -2.56. The van der Waals surface area contributed by atoms with Gasteiger partial charge in [0.15, 0.2) is 0 Å². The number of nitrogens with two attached hydrogens (primary N) is 1. The van der Waals surface area contributed by atoms with Gasteiger partial charge in [0, 0.05) is 18.8 Å². The molecule has 1 unspecified atom stereocenters. The first-order valence-electron chi connectivity index (χ1n) is 7.38. The maximum absolute atomic E-state index is 5.92. The minimum absolute atomic E-state index is 0.0824. The predicted molar refractivity (Wildman–Crippen MR) is 77.4 cm³/mol. The minimum Gasteiger partial charge on any atom is -0.296 e. The molecule has 1 atom stereocenters. The highest BCUT2D eigenvalue weighted by molar-refractivity contribution is 5.15. The molecule has 0 saturated carbocycles. The molecule has 0 spiro atoms. The molecule has 1 aliphatic heterocycles. The van der Waals surface area contributed by atoms with Crippen LogP contribution in [0.2, 0.25) is 0 Å². The van der Waals surface area contributed by atoms with Gasteiger partial charge in [-0.1, -0.05) is 13.8 Å². The first kappa shape index (κ1) is 14.5. The second kappa shape index (κ2) is 6.03. The van der Waals surface area contributed by atoms with E-state index in [0.717, 1.165) is 18.5 Å². The summed E-state index contributed by atoms with van der Waals surface area (Å²) in [5.74, 6) is 5.92. The topological polar surface area (TPSA) is 59.1 Å². The van der Waals surface area contributed by atoms with Crippen molar-refractivity contribution < 1.29 is 0 Å². The number of likely N-dealkylation sites (tertiary alicyclic amines) is 1. The molecule has 2 heterocycles. The lowest BCUT2D eigenvalue weighted by atomic mass is 9.81. The van der Waals surface area contributed by atoms with Gasteiger partial charge in [0.1, 0.15) is 0 Å². The molecule has 1 saturated heterocycles. The Labute approximate surface area is 116 Å². The van der Waals surface area contributed by atoms with Gasteiger partial charge in [0.05, 0.1) is 11.7 Å². The summed E-state index contributed by atoms with van der Waals surface area (Å²) < 4.78 is 1.93. The van der Waals surface area contributed by atoms with E-state index in [-0.39, 0.29) is 11.6 Å². The molecule has 1 aromatic rings. The maximum atomic E-state index is 5.92. The molecule has 1 aliphatic rings. The summed E-state index contributed by atoms with van der Waals surface area (Å²) in [4.78, 5) is 2.62. The van der Waals surface area contributed by atoms with E-state index in [1.807, 2.05) is 17.9 Å². The summed E-state index contributed by atoms with van der Waals surface area (Å²) in [6, 6.07) is 2.19. The second-order valence-electron chi connectivity index (χ2n) is 5.48. The standard InChI is InChI=1S/C14H27N5/c1-4-14(5-2,19-10-6-7-11-19)13(17-15)12-8-9-16-18(12)3/h8-9,13,17H,4-7,10-11,15H2,1-3H3. The Morgan fingerprint density at radius 2 is 2.00 bits per heavy atom. The van der Waals surface area contributed by atoms with E-state index < -0.39 is 0 Å². The Morgan fingerprint density at radius 1 is 1.37 bits per heavy atom. The van der Waals surface area contributed by atoms with Crippen molar-refractivity contribution in [2.45, 2.75) is 51.1 Å². The average molecular weight is 265 g/mol. The lowest BCUT2D eigenvalue weighted by Gasteiger charge is -2.46. The Morgan fingerprint density at radius 3 is 2.42 bits per heavy atom. The van der Waals surface area contributed by atoms with Crippen molar-refractivity contribution in [1.29, 1.82) is 0 Å². The van der Waals surface area contributed by atoms with Gasteiger partial charge >= 0.3 is 0 Å². The smallest absolute Gasteiger partial charge is 0.0812 e. The molecule has 3 N–H and O–H groups in total. The monoisotopic (exact) mass is 265 g/mol. The summed E-state index contributed by atoms with van der Waals surface area (Å²) in [5, 5.41) is 4.30. The van der Waals surface area contributed by atoms with Crippen molar-refractivity contribution in [2.75, 3.05) is 13.1 Å². The van der Waals surface area contributed by atoms with Crippen molar-refractivity contribution in [3.8, 4) is 0 Å². The zero-order valence-corrected chi connectivity index (χ0v) is 12.4. The van der Waals surface area contributed by atoms with Crippen LogP contribution < -0.4 is 11.3 Å². The molecule has 2 rings (SSSR count). The highest BCUT2D eigenvalue weighted by atomic mass is 15.3. The Balaban J connectivity index is 2.37. The van der Waals surface area contributed by atoms with E-state index in [2.05, 4.69) is 35.3 Å². The van der Waals surface area contributed by atoms with Crippen LogP contribution in [0.4, 0.5) is 0 Å². The zero-order chi connectivity index (χ0) is 13.9. The highest BCUT2D eigenvalue weighted by Crippen LogP contribution is 2.38. The largest absolute Gasteiger partial charge is 0.296 e. The van der Waals surface area contributed by atoms with E-state index in [4.69, 9.17) is 5.84 Å². The van der Waals surface area contributed by atoms with Crippen molar-refractivity contribution in [3.05, 3.63) is 18.0 Å². The molecule has 0 radical (unpaired) electrons. The van der Waals surface area contributed by atoms with Crippen LogP contribution in [0.3, 0.4) is 0 Å². The van der Waals surface area contributed by atoms with Crippen LogP contribution in [0, 0.1) is 0 Å². The fourth-order valence-electron chi connectivity index (χ4n) is 3.63. The fraction of sp³-hybridized carbons (Fsp3) is 0.786.